The second-order valence-corrected chi connectivity index (χ2v) is 5.08. The molecule has 1 amide bonds. The molecule has 0 spiro atoms. The minimum atomic E-state index is -0.395. The maximum absolute atomic E-state index is 12.1. The molecule has 1 fully saturated rings. The standard InChI is InChI=1S/C13H16ClNO2/c1-9(8-16)15-12(17)13(6-7-13)10-2-4-11(14)5-3-10/h2-5,9,16H,6-8H2,1H3,(H,15,17)/t9-/m0/s1. The number of rotatable bonds is 4. The van der Waals surface area contributed by atoms with Crippen LogP contribution in [0.3, 0.4) is 0 Å². The van der Waals surface area contributed by atoms with E-state index in [1.54, 1.807) is 19.1 Å². The molecular weight excluding hydrogens is 238 g/mol. The van der Waals surface area contributed by atoms with E-state index < -0.39 is 5.41 Å². The average molecular weight is 254 g/mol. The van der Waals surface area contributed by atoms with Gasteiger partial charge in [0.1, 0.15) is 0 Å². The van der Waals surface area contributed by atoms with Crippen LogP contribution in [0, 0.1) is 0 Å². The molecule has 2 rings (SSSR count). The van der Waals surface area contributed by atoms with Gasteiger partial charge in [0.25, 0.3) is 0 Å². The zero-order chi connectivity index (χ0) is 12.5. The molecule has 0 unspecified atom stereocenters. The molecule has 1 atom stereocenters. The van der Waals surface area contributed by atoms with Crippen molar-refractivity contribution >= 4 is 17.5 Å². The van der Waals surface area contributed by atoms with E-state index >= 15 is 0 Å². The molecule has 17 heavy (non-hydrogen) atoms. The summed E-state index contributed by atoms with van der Waals surface area (Å²) >= 11 is 5.83. The molecule has 0 radical (unpaired) electrons. The molecule has 1 aromatic carbocycles. The van der Waals surface area contributed by atoms with Crippen molar-refractivity contribution in [2.75, 3.05) is 6.61 Å². The van der Waals surface area contributed by atoms with Gasteiger partial charge in [-0.25, -0.2) is 0 Å². The average Bonchev–Trinajstić information content (AvgIpc) is 3.11. The minimum absolute atomic E-state index is 0.00127. The summed E-state index contributed by atoms with van der Waals surface area (Å²) in [4.78, 5) is 12.1. The second-order valence-electron chi connectivity index (χ2n) is 4.65. The molecule has 0 aromatic heterocycles. The molecule has 2 N–H and O–H groups in total. The van der Waals surface area contributed by atoms with Gasteiger partial charge in [-0.3, -0.25) is 4.79 Å². The number of aliphatic hydroxyl groups excluding tert-OH is 1. The topological polar surface area (TPSA) is 49.3 Å². The number of hydrogen-bond acceptors (Lipinski definition) is 2. The normalized spacial score (nSPS) is 18.5. The van der Waals surface area contributed by atoms with Crippen LogP contribution >= 0.6 is 11.6 Å². The van der Waals surface area contributed by atoms with Crippen molar-refractivity contribution in [2.24, 2.45) is 0 Å². The SMILES string of the molecule is C[C@@H](CO)NC(=O)C1(c2ccc(Cl)cc2)CC1. The van der Waals surface area contributed by atoms with E-state index in [1.165, 1.54) is 0 Å². The van der Waals surface area contributed by atoms with Gasteiger partial charge in [0.05, 0.1) is 12.0 Å². The maximum atomic E-state index is 12.1. The van der Waals surface area contributed by atoms with Gasteiger partial charge < -0.3 is 10.4 Å². The first-order valence-electron chi connectivity index (χ1n) is 5.76. The number of amides is 1. The Hall–Kier alpha value is -1.06. The van der Waals surface area contributed by atoms with E-state index in [-0.39, 0.29) is 18.6 Å². The Morgan fingerprint density at radius 1 is 1.47 bits per heavy atom. The fourth-order valence-corrected chi connectivity index (χ4v) is 2.07. The molecule has 0 saturated heterocycles. The third-order valence-corrected chi connectivity index (χ3v) is 3.48. The zero-order valence-electron chi connectivity index (χ0n) is 9.74. The quantitative estimate of drug-likeness (QED) is 0.861. The summed E-state index contributed by atoms with van der Waals surface area (Å²) in [5.41, 5.74) is 0.609. The summed E-state index contributed by atoms with van der Waals surface area (Å²) in [6.45, 7) is 1.75. The van der Waals surface area contributed by atoms with Gasteiger partial charge in [-0.05, 0) is 37.5 Å². The number of halogens is 1. The van der Waals surface area contributed by atoms with Crippen molar-refractivity contribution < 1.29 is 9.90 Å². The molecule has 1 saturated carbocycles. The van der Waals surface area contributed by atoms with Crippen LogP contribution in [-0.4, -0.2) is 23.7 Å². The number of aliphatic hydroxyl groups is 1. The Balaban J connectivity index is 2.14. The van der Waals surface area contributed by atoms with Gasteiger partial charge in [0.2, 0.25) is 5.91 Å². The molecule has 1 aliphatic carbocycles. The summed E-state index contributed by atoms with van der Waals surface area (Å²) in [7, 11) is 0. The lowest BCUT2D eigenvalue weighted by Crippen LogP contribution is -2.41. The molecule has 1 aliphatic rings. The van der Waals surface area contributed by atoms with Gasteiger partial charge in [-0.1, -0.05) is 23.7 Å². The Bertz CT molecular complexity index is 412. The predicted molar refractivity (Wildman–Crippen MR) is 67.1 cm³/mol. The fourth-order valence-electron chi connectivity index (χ4n) is 1.95. The van der Waals surface area contributed by atoms with Crippen LogP contribution in [-0.2, 0) is 10.2 Å². The largest absolute Gasteiger partial charge is 0.394 e. The summed E-state index contributed by atoms with van der Waals surface area (Å²) in [5, 5.41) is 12.4. The van der Waals surface area contributed by atoms with Gasteiger partial charge >= 0.3 is 0 Å². The highest BCUT2D eigenvalue weighted by Gasteiger charge is 2.51. The highest BCUT2D eigenvalue weighted by Crippen LogP contribution is 2.48. The highest BCUT2D eigenvalue weighted by atomic mass is 35.5. The van der Waals surface area contributed by atoms with Crippen molar-refractivity contribution in [1.29, 1.82) is 0 Å². The van der Waals surface area contributed by atoms with Crippen molar-refractivity contribution in [1.82, 2.24) is 5.32 Å². The number of carbonyl (C=O) groups is 1. The minimum Gasteiger partial charge on any atom is -0.394 e. The lowest BCUT2D eigenvalue weighted by atomic mass is 9.95. The monoisotopic (exact) mass is 253 g/mol. The molecule has 0 bridgehead atoms. The second kappa shape index (κ2) is 4.67. The van der Waals surface area contributed by atoms with Crippen LogP contribution in [0.4, 0.5) is 0 Å². The number of carbonyl (C=O) groups excluding carboxylic acids is 1. The third kappa shape index (κ3) is 2.45. The summed E-state index contributed by atoms with van der Waals surface area (Å²) < 4.78 is 0. The van der Waals surface area contributed by atoms with Crippen molar-refractivity contribution in [3.63, 3.8) is 0 Å². The van der Waals surface area contributed by atoms with Crippen LogP contribution in [0.25, 0.3) is 0 Å². The van der Waals surface area contributed by atoms with Crippen LogP contribution in [0.5, 0.6) is 0 Å². The maximum Gasteiger partial charge on any atom is 0.230 e. The number of benzene rings is 1. The zero-order valence-corrected chi connectivity index (χ0v) is 10.5. The Labute approximate surface area is 106 Å². The first-order valence-corrected chi connectivity index (χ1v) is 6.14. The van der Waals surface area contributed by atoms with Crippen molar-refractivity contribution in [2.45, 2.75) is 31.2 Å². The molecule has 3 nitrogen and oxygen atoms in total. The van der Waals surface area contributed by atoms with E-state index in [1.807, 2.05) is 12.1 Å². The smallest absolute Gasteiger partial charge is 0.230 e. The van der Waals surface area contributed by atoms with E-state index in [0.29, 0.717) is 5.02 Å². The van der Waals surface area contributed by atoms with E-state index in [0.717, 1.165) is 18.4 Å². The van der Waals surface area contributed by atoms with Crippen LogP contribution in [0.2, 0.25) is 5.02 Å². The molecule has 92 valence electrons. The Morgan fingerprint density at radius 2 is 2.06 bits per heavy atom. The number of hydrogen-bond donors (Lipinski definition) is 2. The van der Waals surface area contributed by atoms with Crippen LogP contribution in [0.15, 0.2) is 24.3 Å². The highest BCUT2D eigenvalue weighted by molar-refractivity contribution is 6.30. The van der Waals surface area contributed by atoms with E-state index in [9.17, 15) is 4.79 Å². The molecule has 1 aromatic rings. The molecular formula is C13H16ClNO2. The van der Waals surface area contributed by atoms with Crippen molar-refractivity contribution in [3.8, 4) is 0 Å². The van der Waals surface area contributed by atoms with E-state index in [4.69, 9.17) is 16.7 Å². The first kappa shape index (κ1) is 12.4. The molecule has 0 aliphatic heterocycles. The molecule has 0 heterocycles. The summed E-state index contributed by atoms with van der Waals surface area (Å²) in [6, 6.07) is 7.21. The summed E-state index contributed by atoms with van der Waals surface area (Å²) in [6.07, 6.45) is 1.72. The predicted octanol–water partition coefficient (Wildman–Crippen LogP) is 1.87. The summed E-state index contributed by atoms with van der Waals surface area (Å²) in [5.74, 6) is 0.00127. The van der Waals surface area contributed by atoms with Gasteiger partial charge in [0.15, 0.2) is 0 Å². The lowest BCUT2D eigenvalue weighted by Gasteiger charge is -2.18. The van der Waals surface area contributed by atoms with E-state index in [2.05, 4.69) is 5.32 Å². The van der Waals surface area contributed by atoms with Crippen molar-refractivity contribution in [3.05, 3.63) is 34.9 Å². The van der Waals surface area contributed by atoms with Crippen LogP contribution in [0.1, 0.15) is 25.3 Å². The lowest BCUT2D eigenvalue weighted by molar-refractivity contribution is -0.124. The van der Waals surface area contributed by atoms with Gasteiger partial charge in [0, 0.05) is 11.1 Å². The van der Waals surface area contributed by atoms with Crippen LogP contribution < -0.4 is 5.32 Å². The van der Waals surface area contributed by atoms with Gasteiger partial charge in [-0.15, -0.1) is 0 Å². The van der Waals surface area contributed by atoms with Gasteiger partial charge in [-0.2, -0.15) is 0 Å². The fraction of sp³-hybridized carbons (Fsp3) is 0.462. The Morgan fingerprint density at radius 3 is 2.53 bits per heavy atom. The molecule has 4 heteroatoms. The first-order chi connectivity index (χ1) is 8.08. The third-order valence-electron chi connectivity index (χ3n) is 3.23. The Kier molecular flexibility index (Phi) is 3.40. The number of nitrogens with one attached hydrogen (secondary N) is 1.